The molecule has 1 heterocycles. The van der Waals surface area contributed by atoms with E-state index in [4.69, 9.17) is 27.9 Å². The predicted octanol–water partition coefficient (Wildman–Crippen LogP) is 3.55. The van der Waals surface area contributed by atoms with Crippen molar-refractivity contribution in [1.82, 2.24) is 9.62 Å². The van der Waals surface area contributed by atoms with Crippen LogP contribution in [0.15, 0.2) is 42.5 Å². The number of halogens is 2. The highest BCUT2D eigenvalue weighted by atomic mass is 35.5. The van der Waals surface area contributed by atoms with Gasteiger partial charge in [-0.1, -0.05) is 41.4 Å². The lowest BCUT2D eigenvalue weighted by atomic mass is 9.98. The third kappa shape index (κ3) is 6.70. The Morgan fingerprint density at radius 3 is 2.53 bits per heavy atom. The molecule has 1 saturated heterocycles. The number of carbonyl (C=O) groups excluding carboxylic acids is 2. The molecule has 2 N–H and O–H groups in total. The predicted molar refractivity (Wildman–Crippen MR) is 133 cm³/mol. The van der Waals surface area contributed by atoms with Crippen LogP contribution in [0.4, 0.5) is 5.69 Å². The Labute approximate surface area is 209 Å². The summed E-state index contributed by atoms with van der Waals surface area (Å²) in [5, 5.41) is 6.09. The van der Waals surface area contributed by atoms with Crippen LogP contribution in [0.1, 0.15) is 28.8 Å². The van der Waals surface area contributed by atoms with Crippen LogP contribution in [-0.2, 0) is 25.3 Å². The van der Waals surface area contributed by atoms with Gasteiger partial charge in [-0.3, -0.25) is 9.59 Å². The molecule has 3 rings (SSSR count). The summed E-state index contributed by atoms with van der Waals surface area (Å²) in [5.74, 6) is -1.58. The third-order valence-corrected chi connectivity index (χ3v) is 8.04. The van der Waals surface area contributed by atoms with Gasteiger partial charge in [0.2, 0.25) is 15.9 Å². The third-order valence-electron chi connectivity index (χ3n) is 5.56. The van der Waals surface area contributed by atoms with Crippen molar-refractivity contribution in [2.45, 2.75) is 18.6 Å². The monoisotopic (exact) mass is 527 g/mol. The number of piperidine rings is 1. The summed E-state index contributed by atoms with van der Waals surface area (Å²) in [6.07, 6.45) is 1.07. The molecule has 184 valence electrons. The molecular weight excluding hydrogens is 501 g/mol. The van der Waals surface area contributed by atoms with Crippen molar-refractivity contribution in [2.75, 3.05) is 38.7 Å². The zero-order valence-electron chi connectivity index (χ0n) is 18.7. The summed E-state index contributed by atoms with van der Waals surface area (Å²) >= 11 is 12.3. The van der Waals surface area contributed by atoms with Crippen LogP contribution in [0.25, 0.3) is 0 Å². The van der Waals surface area contributed by atoms with Crippen LogP contribution in [0.5, 0.6) is 0 Å². The van der Waals surface area contributed by atoms with Gasteiger partial charge in [-0.2, -0.15) is 0 Å². The second-order valence-electron chi connectivity index (χ2n) is 7.94. The fourth-order valence-electron chi connectivity index (χ4n) is 3.74. The molecule has 2 amide bonds. The summed E-state index contributed by atoms with van der Waals surface area (Å²) in [6.45, 7) is 1.06. The molecular formula is C23H27Cl2N3O5S. The zero-order chi connectivity index (χ0) is 24.7. The topological polar surface area (TPSA) is 105 Å². The largest absolute Gasteiger partial charge is 0.383 e. The first kappa shape index (κ1) is 26.4. The highest BCUT2D eigenvalue weighted by Crippen LogP contribution is 2.29. The molecule has 1 atom stereocenters. The maximum atomic E-state index is 13.1. The van der Waals surface area contributed by atoms with Crippen LogP contribution < -0.4 is 10.6 Å². The van der Waals surface area contributed by atoms with E-state index < -0.39 is 15.9 Å². The van der Waals surface area contributed by atoms with Crippen LogP contribution in [-0.4, -0.2) is 57.9 Å². The molecule has 11 heteroatoms. The average Bonchev–Trinajstić information content (AvgIpc) is 2.82. The number of methoxy groups -OCH3 is 1. The van der Waals surface area contributed by atoms with Gasteiger partial charge in [-0.15, -0.1) is 0 Å². The van der Waals surface area contributed by atoms with Gasteiger partial charge in [-0.05, 0) is 37.1 Å². The first-order valence-corrected chi connectivity index (χ1v) is 13.2. The van der Waals surface area contributed by atoms with E-state index in [9.17, 15) is 18.0 Å². The number of para-hydroxylation sites is 1. The van der Waals surface area contributed by atoms with Crippen molar-refractivity contribution in [3.8, 4) is 0 Å². The normalized spacial score (nSPS) is 16.7. The van der Waals surface area contributed by atoms with Gasteiger partial charge in [0, 0.05) is 42.4 Å². The van der Waals surface area contributed by atoms with E-state index >= 15 is 0 Å². The Balaban J connectivity index is 1.69. The summed E-state index contributed by atoms with van der Waals surface area (Å²) in [7, 11) is -2.21. The molecule has 2 aromatic carbocycles. The van der Waals surface area contributed by atoms with Crippen molar-refractivity contribution >= 4 is 50.7 Å². The number of rotatable bonds is 9. The lowest BCUT2D eigenvalue weighted by Gasteiger charge is -2.31. The Morgan fingerprint density at radius 1 is 1.12 bits per heavy atom. The van der Waals surface area contributed by atoms with Crippen LogP contribution >= 0.6 is 23.2 Å². The quantitative estimate of drug-likeness (QED) is 0.485. The van der Waals surface area contributed by atoms with E-state index in [0.29, 0.717) is 49.4 Å². The molecule has 0 saturated carbocycles. The van der Waals surface area contributed by atoms with Crippen LogP contribution in [0.2, 0.25) is 10.0 Å². The number of ether oxygens (including phenoxy) is 1. The van der Waals surface area contributed by atoms with E-state index in [0.717, 1.165) is 0 Å². The minimum absolute atomic E-state index is 0.0401. The van der Waals surface area contributed by atoms with Crippen molar-refractivity contribution in [3.05, 3.63) is 63.6 Å². The molecule has 0 aliphatic carbocycles. The molecule has 0 aromatic heterocycles. The van der Waals surface area contributed by atoms with Gasteiger partial charge < -0.3 is 15.4 Å². The van der Waals surface area contributed by atoms with E-state index in [1.165, 1.54) is 11.4 Å². The molecule has 2 aromatic rings. The molecule has 0 bridgehead atoms. The van der Waals surface area contributed by atoms with Crippen LogP contribution in [0.3, 0.4) is 0 Å². The van der Waals surface area contributed by atoms with Gasteiger partial charge in [-0.25, -0.2) is 12.7 Å². The molecule has 8 nitrogen and oxygen atoms in total. The Hall–Kier alpha value is -2.17. The van der Waals surface area contributed by atoms with Crippen LogP contribution in [0, 0.1) is 5.92 Å². The number of nitrogens with zero attached hydrogens (tertiary/aromatic N) is 1. The Kier molecular flexibility index (Phi) is 9.32. The molecule has 1 fully saturated rings. The first-order valence-electron chi connectivity index (χ1n) is 10.8. The molecule has 34 heavy (non-hydrogen) atoms. The van der Waals surface area contributed by atoms with Crippen molar-refractivity contribution in [1.29, 1.82) is 0 Å². The van der Waals surface area contributed by atoms with Crippen molar-refractivity contribution in [2.24, 2.45) is 5.92 Å². The molecule has 1 unspecified atom stereocenters. The Bertz CT molecular complexity index is 1120. The van der Waals surface area contributed by atoms with Gasteiger partial charge in [0.25, 0.3) is 5.91 Å². The number of sulfonamides is 1. The minimum atomic E-state index is -3.75. The van der Waals surface area contributed by atoms with Gasteiger partial charge in [0.1, 0.15) is 0 Å². The maximum Gasteiger partial charge on any atom is 0.253 e. The summed E-state index contributed by atoms with van der Waals surface area (Å²) in [6, 6.07) is 11.5. The molecule has 0 spiro atoms. The lowest BCUT2D eigenvalue weighted by Crippen LogP contribution is -2.44. The maximum absolute atomic E-state index is 13.1. The number of nitrogens with one attached hydrogen (secondary N) is 2. The first-order chi connectivity index (χ1) is 16.2. The van der Waals surface area contributed by atoms with Gasteiger partial charge in [0.15, 0.2) is 0 Å². The minimum Gasteiger partial charge on any atom is -0.383 e. The summed E-state index contributed by atoms with van der Waals surface area (Å²) < 4.78 is 32.4. The van der Waals surface area contributed by atoms with E-state index in [1.54, 1.807) is 42.5 Å². The second kappa shape index (κ2) is 12.0. The lowest BCUT2D eigenvalue weighted by molar-refractivity contribution is -0.120. The van der Waals surface area contributed by atoms with Crippen molar-refractivity contribution < 1.29 is 22.7 Å². The summed E-state index contributed by atoms with van der Waals surface area (Å²) in [5.41, 5.74) is 1.02. The number of benzene rings is 2. The van der Waals surface area contributed by atoms with Gasteiger partial charge in [0.05, 0.1) is 29.5 Å². The Morgan fingerprint density at radius 2 is 1.82 bits per heavy atom. The van der Waals surface area contributed by atoms with E-state index in [1.807, 2.05) is 0 Å². The number of anilines is 1. The van der Waals surface area contributed by atoms with E-state index in [2.05, 4.69) is 10.6 Å². The van der Waals surface area contributed by atoms with Crippen molar-refractivity contribution in [3.63, 3.8) is 0 Å². The highest BCUT2D eigenvalue weighted by molar-refractivity contribution is 7.88. The fourth-order valence-corrected chi connectivity index (χ4v) is 6.10. The zero-order valence-corrected chi connectivity index (χ0v) is 21.0. The number of amides is 2. The fraction of sp³-hybridized carbons (Fsp3) is 0.391. The smallest absolute Gasteiger partial charge is 0.253 e. The number of carbonyl (C=O) groups is 2. The summed E-state index contributed by atoms with van der Waals surface area (Å²) in [4.78, 5) is 25.5. The number of hydrogen-bond acceptors (Lipinski definition) is 5. The van der Waals surface area contributed by atoms with Gasteiger partial charge >= 0.3 is 0 Å². The standard InChI is InChI=1S/C23H27Cl2N3O5S/c1-33-13-11-26-23(30)17-7-2-3-10-21(17)27-22(29)16-6-5-12-28(14-16)34(31,32)15-18-19(24)8-4-9-20(18)25/h2-4,7-10,16H,5-6,11-15H2,1H3,(H,26,30)(H,27,29). The second-order valence-corrected chi connectivity index (χ2v) is 10.7. The number of hydrogen-bond donors (Lipinski definition) is 2. The molecule has 1 aliphatic heterocycles. The van der Waals surface area contributed by atoms with E-state index in [-0.39, 0.29) is 34.2 Å². The average molecular weight is 528 g/mol. The molecule has 0 radical (unpaired) electrons. The molecule has 1 aliphatic rings. The highest BCUT2D eigenvalue weighted by Gasteiger charge is 2.33. The SMILES string of the molecule is COCCNC(=O)c1ccccc1NC(=O)C1CCCN(S(=O)(=O)Cc2c(Cl)cccc2Cl)C1.